The number of hydrogen-bond acceptors (Lipinski definition) is 1. The molecule has 0 aliphatic rings. The molecule has 1 aromatic rings. The molecule has 0 spiro atoms. The first-order chi connectivity index (χ1) is 7.49. The SMILES string of the molecule is [C-]#[N+]c1ccc(C#CCN)c(C(F)(F)F)c1. The zero-order valence-electron chi connectivity index (χ0n) is 8.10. The lowest BCUT2D eigenvalue weighted by molar-refractivity contribution is -0.137. The van der Waals surface area contributed by atoms with Crippen LogP contribution in [0.25, 0.3) is 4.85 Å². The zero-order chi connectivity index (χ0) is 12.2. The van der Waals surface area contributed by atoms with Crippen LogP contribution in [0.15, 0.2) is 18.2 Å². The van der Waals surface area contributed by atoms with Gasteiger partial charge in [0.1, 0.15) is 0 Å². The summed E-state index contributed by atoms with van der Waals surface area (Å²) >= 11 is 0. The minimum atomic E-state index is -4.51. The molecule has 0 unspecified atom stereocenters. The molecule has 0 heterocycles. The summed E-state index contributed by atoms with van der Waals surface area (Å²) in [7, 11) is 0. The molecule has 2 N–H and O–H groups in total. The van der Waals surface area contributed by atoms with E-state index in [1.54, 1.807) is 0 Å². The van der Waals surface area contributed by atoms with E-state index in [0.717, 1.165) is 6.07 Å². The predicted octanol–water partition coefficient (Wildman–Crippen LogP) is 2.57. The molecule has 0 atom stereocenters. The molecule has 1 aromatic carbocycles. The van der Waals surface area contributed by atoms with E-state index >= 15 is 0 Å². The Bertz CT molecular complexity index is 487. The van der Waals surface area contributed by atoms with Gasteiger partial charge in [0.05, 0.1) is 18.7 Å². The normalized spacial score (nSPS) is 10.2. The molecule has 2 nitrogen and oxygen atoms in total. The molecule has 0 amide bonds. The minimum absolute atomic E-state index is 0.0120. The van der Waals surface area contributed by atoms with Crippen molar-refractivity contribution in [2.75, 3.05) is 6.54 Å². The zero-order valence-corrected chi connectivity index (χ0v) is 8.10. The Labute approximate surface area is 90.7 Å². The number of halogens is 3. The standard InChI is InChI=1S/C11H7F3N2/c1-16-9-5-4-8(3-2-6-15)10(7-9)11(12,13)14/h4-5,7H,6,15H2. The van der Waals surface area contributed by atoms with Crippen molar-refractivity contribution in [2.24, 2.45) is 5.73 Å². The Balaban J connectivity index is 3.35. The first kappa shape index (κ1) is 12.1. The molecule has 0 fully saturated rings. The fourth-order valence-corrected chi connectivity index (χ4v) is 1.09. The maximum absolute atomic E-state index is 12.6. The first-order valence-corrected chi connectivity index (χ1v) is 4.26. The summed E-state index contributed by atoms with van der Waals surface area (Å²) < 4.78 is 37.8. The van der Waals surface area contributed by atoms with Gasteiger partial charge < -0.3 is 5.73 Å². The average molecular weight is 224 g/mol. The van der Waals surface area contributed by atoms with Crippen LogP contribution in [0.5, 0.6) is 0 Å². The molecule has 0 aromatic heterocycles. The highest BCUT2D eigenvalue weighted by Crippen LogP contribution is 2.34. The molecule has 0 saturated heterocycles. The smallest absolute Gasteiger partial charge is 0.320 e. The molecule has 0 saturated carbocycles. The minimum Gasteiger partial charge on any atom is -0.320 e. The van der Waals surface area contributed by atoms with Crippen LogP contribution in [0.1, 0.15) is 11.1 Å². The van der Waals surface area contributed by atoms with Crippen molar-refractivity contribution in [1.82, 2.24) is 0 Å². The number of nitrogens with zero attached hydrogens (tertiary/aromatic N) is 1. The largest absolute Gasteiger partial charge is 0.416 e. The third kappa shape index (κ3) is 2.75. The van der Waals surface area contributed by atoms with Gasteiger partial charge in [-0.2, -0.15) is 13.2 Å². The van der Waals surface area contributed by atoms with Gasteiger partial charge in [-0.25, -0.2) is 4.85 Å². The van der Waals surface area contributed by atoms with Crippen molar-refractivity contribution < 1.29 is 13.2 Å². The lowest BCUT2D eigenvalue weighted by Crippen LogP contribution is -2.07. The van der Waals surface area contributed by atoms with Crippen molar-refractivity contribution in [3.63, 3.8) is 0 Å². The predicted molar refractivity (Wildman–Crippen MR) is 53.6 cm³/mol. The van der Waals surface area contributed by atoms with Crippen molar-refractivity contribution in [3.8, 4) is 11.8 Å². The van der Waals surface area contributed by atoms with Gasteiger partial charge in [0.2, 0.25) is 0 Å². The Hall–Kier alpha value is -1.98. The van der Waals surface area contributed by atoms with Crippen LogP contribution in [-0.4, -0.2) is 6.54 Å². The van der Waals surface area contributed by atoms with Gasteiger partial charge in [-0.15, -0.1) is 0 Å². The molecule has 0 bridgehead atoms. The van der Waals surface area contributed by atoms with Crippen molar-refractivity contribution in [1.29, 1.82) is 0 Å². The third-order valence-electron chi connectivity index (χ3n) is 1.76. The lowest BCUT2D eigenvalue weighted by atomic mass is 10.1. The average Bonchev–Trinajstić information content (AvgIpc) is 2.25. The van der Waals surface area contributed by atoms with Crippen LogP contribution in [-0.2, 0) is 6.18 Å². The highest BCUT2D eigenvalue weighted by molar-refractivity contribution is 5.54. The van der Waals surface area contributed by atoms with Crippen LogP contribution in [0.4, 0.5) is 18.9 Å². The second kappa shape index (κ2) is 4.69. The maximum Gasteiger partial charge on any atom is 0.416 e. The van der Waals surface area contributed by atoms with E-state index in [2.05, 4.69) is 16.7 Å². The number of rotatable bonds is 0. The van der Waals surface area contributed by atoms with Crippen LogP contribution in [0.2, 0.25) is 0 Å². The van der Waals surface area contributed by atoms with Gasteiger partial charge in [0, 0.05) is 5.56 Å². The Morgan fingerprint density at radius 2 is 2.06 bits per heavy atom. The summed E-state index contributed by atoms with van der Waals surface area (Å²) in [5, 5.41) is 0. The molecular weight excluding hydrogens is 217 g/mol. The molecular formula is C11H7F3N2. The fourth-order valence-electron chi connectivity index (χ4n) is 1.09. The second-order valence-electron chi connectivity index (χ2n) is 2.85. The van der Waals surface area contributed by atoms with Gasteiger partial charge in [-0.3, -0.25) is 0 Å². The number of hydrogen-bond donors (Lipinski definition) is 1. The summed E-state index contributed by atoms with van der Waals surface area (Å²) in [6, 6.07) is 3.26. The third-order valence-corrected chi connectivity index (χ3v) is 1.76. The molecule has 16 heavy (non-hydrogen) atoms. The molecule has 0 aliphatic carbocycles. The van der Waals surface area contributed by atoms with Crippen LogP contribution < -0.4 is 5.73 Å². The van der Waals surface area contributed by atoms with Gasteiger partial charge in [-0.1, -0.05) is 24.0 Å². The topological polar surface area (TPSA) is 30.4 Å². The molecule has 0 radical (unpaired) electrons. The maximum atomic E-state index is 12.6. The quantitative estimate of drug-likeness (QED) is 0.532. The summed E-state index contributed by atoms with van der Waals surface area (Å²) in [4.78, 5) is 2.94. The number of benzene rings is 1. The van der Waals surface area contributed by atoms with Gasteiger partial charge in [-0.05, 0) is 6.07 Å². The van der Waals surface area contributed by atoms with Gasteiger partial charge >= 0.3 is 6.18 Å². The van der Waals surface area contributed by atoms with Crippen molar-refractivity contribution >= 4 is 5.69 Å². The number of nitrogens with two attached hydrogens (primary N) is 1. The summed E-state index contributed by atoms with van der Waals surface area (Å²) in [6.07, 6.45) is -4.51. The van der Waals surface area contributed by atoms with E-state index in [9.17, 15) is 13.2 Å². The van der Waals surface area contributed by atoms with E-state index in [1.807, 2.05) is 0 Å². The lowest BCUT2D eigenvalue weighted by Gasteiger charge is -2.09. The van der Waals surface area contributed by atoms with Crippen LogP contribution in [0.3, 0.4) is 0 Å². The summed E-state index contributed by atoms with van der Waals surface area (Å²) in [5.41, 5.74) is 3.96. The van der Waals surface area contributed by atoms with Crippen molar-refractivity contribution in [3.05, 3.63) is 40.7 Å². The fraction of sp³-hybridized carbons (Fsp3) is 0.182. The van der Waals surface area contributed by atoms with E-state index in [4.69, 9.17) is 12.3 Å². The first-order valence-electron chi connectivity index (χ1n) is 4.26. The Morgan fingerprint density at radius 3 is 2.56 bits per heavy atom. The van der Waals surface area contributed by atoms with Crippen molar-refractivity contribution in [2.45, 2.75) is 6.18 Å². The Morgan fingerprint density at radius 1 is 1.38 bits per heavy atom. The van der Waals surface area contributed by atoms with Gasteiger partial charge in [0.15, 0.2) is 5.69 Å². The van der Waals surface area contributed by atoms with E-state index < -0.39 is 11.7 Å². The highest BCUT2D eigenvalue weighted by Gasteiger charge is 2.33. The molecule has 1 rings (SSSR count). The van der Waals surface area contributed by atoms with Crippen LogP contribution in [0, 0.1) is 18.4 Å². The number of alkyl halides is 3. The van der Waals surface area contributed by atoms with E-state index in [-0.39, 0.29) is 17.8 Å². The van der Waals surface area contributed by atoms with E-state index in [1.165, 1.54) is 12.1 Å². The summed E-state index contributed by atoms with van der Waals surface area (Å²) in [5.74, 6) is 4.69. The monoisotopic (exact) mass is 224 g/mol. The molecule has 0 aliphatic heterocycles. The highest BCUT2D eigenvalue weighted by atomic mass is 19.4. The summed E-state index contributed by atoms with van der Waals surface area (Å²) in [6.45, 7) is 6.64. The molecule has 82 valence electrons. The molecule has 5 heteroatoms. The Kier molecular flexibility index (Phi) is 3.55. The van der Waals surface area contributed by atoms with E-state index in [0.29, 0.717) is 0 Å². The van der Waals surface area contributed by atoms with Crippen LogP contribution >= 0.6 is 0 Å². The van der Waals surface area contributed by atoms with Gasteiger partial charge in [0.25, 0.3) is 0 Å². The second-order valence-corrected chi connectivity index (χ2v) is 2.85.